The molecule has 0 spiro atoms. The van der Waals surface area contributed by atoms with Gasteiger partial charge in [-0.25, -0.2) is 14.8 Å². The van der Waals surface area contributed by atoms with Gasteiger partial charge in [-0.3, -0.25) is 4.79 Å². The summed E-state index contributed by atoms with van der Waals surface area (Å²) in [4.78, 5) is 35.8. The molecule has 0 aliphatic carbocycles. The molecule has 1 aromatic carbocycles. The fraction of sp³-hybridized carbons (Fsp3) is 0.524. The molecule has 0 radical (unpaired) electrons. The van der Waals surface area contributed by atoms with Gasteiger partial charge in [-0.15, -0.1) is 0 Å². The van der Waals surface area contributed by atoms with Crippen LogP contribution in [0.1, 0.15) is 44.9 Å². The summed E-state index contributed by atoms with van der Waals surface area (Å²) in [6.07, 6.45) is 1.95. The van der Waals surface area contributed by atoms with E-state index in [2.05, 4.69) is 9.97 Å². The maximum Gasteiger partial charge on any atom is 0.410 e. The molecule has 0 saturated carbocycles. The van der Waals surface area contributed by atoms with Crippen molar-refractivity contribution in [2.24, 2.45) is 0 Å². The number of carbonyl (C=O) groups is 2. The van der Waals surface area contributed by atoms with Crippen LogP contribution in [0.3, 0.4) is 0 Å². The number of amides is 1. The van der Waals surface area contributed by atoms with E-state index < -0.39 is 11.0 Å². The van der Waals surface area contributed by atoms with Crippen molar-refractivity contribution in [1.82, 2.24) is 14.9 Å². The first kappa shape index (κ1) is 20.0. The lowest BCUT2D eigenvalue weighted by atomic mass is 9.74. The zero-order valence-corrected chi connectivity index (χ0v) is 17.1. The van der Waals surface area contributed by atoms with Crippen molar-refractivity contribution in [1.29, 1.82) is 0 Å². The highest BCUT2D eigenvalue weighted by Gasteiger charge is 2.47. The van der Waals surface area contributed by atoms with Gasteiger partial charge in [0.25, 0.3) is 0 Å². The molecule has 3 rings (SSSR count). The molecule has 1 aromatic heterocycles. The summed E-state index contributed by atoms with van der Waals surface area (Å²) in [6.45, 7) is 8.28. The minimum atomic E-state index is -0.914. The second kappa shape index (κ2) is 7.37. The molecule has 0 atom stereocenters. The van der Waals surface area contributed by atoms with E-state index in [0.717, 1.165) is 16.5 Å². The molecule has 7 nitrogen and oxygen atoms in total. The largest absolute Gasteiger partial charge is 0.468 e. The highest BCUT2D eigenvalue weighted by molar-refractivity contribution is 5.91. The van der Waals surface area contributed by atoms with Gasteiger partial charge in [0.15, 0.2) is 0 Å². The second-order valence-electron chi connectivity index (χ2n) is 8.28. The maximum absolute atomic E-state index is 12.9. The van der Waals surface area contributed by atoms with Gasteiger partial charge in [0.1, 0.15) is 17.3 Å². The first-order chi connectivity index (χ1) is 13.2. The van der Waals surface area contributed by atoms with Crippen LogP contribution in [0.5, 0.6) is 0 Å². The molecule has 0 N–H and O–H groups in total. The van der Waals surface area contributed by atoms with E-state index in [1.54, 1.807) is 4.90 Å². The third-order valence-electron chi connectivity index (χ3n) is 5.09. The number of benzene rings is 1. The molecule has 0 unspecified atom stereocenters. The number of nitrogens with zero attached hydrogens (tertiary/aromatic N) is 3. The quantitative estimate of drug-likeness (QED) is 0.737. The lowest BCUT2D eigenvalue weighted by Gasteiger charge is -2.39. The van der Waals surface area contributed by atoms with Crippen molar-refractivity contribution in [2.45, 2.75) is 51.6 Å². The Morgan fingerprint density at radius 1 is 1.14 bits per heavy atom. The summed E-state index contributed by atoms with van der Waals surface area (Å²) in [5, 5.41) is 0.846. The van der Waals surface area contributed by atoms with Crippen molar-refractivity contribution in [3.8, 4) is 0 Å². The van der Waals surface area contributed by atoms with Crippen molar-refractivity contribution < 1.29 is 19.1 Å². The van der Waals surface area contributed by atoms with Crippen LogP contribution >= 0.6 is 0 Å². The molecule has 1 aliphatic heterocycles. The average molecular weight is 385 g/mol. The number of methoxy groups -OCH3 is 1. The molecular weight excluding hydrogens is 358 g/mol. The van der Waals surface area contributed by atoms with Crippen molar-refractivity contribution in [3.05, 3.63) is 35.8 Å². The fourth-order valence-electron chi connectivity index (χ4n) is 3.68. The van der Waals surface area contributed by atoms with Gasteiger partial charge in [-0.05, 0) is 52.7 Å². The Labute approximate surface area is 165 Å². The number of carbonyl (C=O) groups excluding carboxylic acids is 2. The number of ether oxygens (including phenoxy) is 2. The molecule has 150 valence electrons. The molecular formula is C21H27N3O4. The number of piperidine rings is 1. The Kier molecular flexibility index (Phi) is 5.28. The minimum Gasteiger partial charge on any atom is -0.468 e. The predicted octanol–water partition coefficient (Wildman–Crippen LogP) is 3.38. The highest BCUT2D eigenvalue weighted by atomic mass is 16.6. The molecule has 2 heterocycles. The monoisotopic (exact) mass is 385 g/mol. The Morgan fingerprint density at radius 3 is 2.43 bits per heavy atom. The van der Waals surface area contributed by atoms with Gasteiger partial charge in [-0.1, -0.05) is 11.6 Å². The summed E-state index contributed by atoms with van der Waals surface area (Å²) in [7, 11) is 1.39. The number of fused-ring (bicyclic) bond motifs is 1. The lowest BCUT2D eigenvalue weighted by Crippen LogP contribution is -2.51. The average Bonchev–Trinajstić information content (AvgIpc) is 2.65. The topological polar surface area (TPSA) is 81.6 Å². The molecule has 0 bridgehead atoms. The SMILES string of the molecule is COC(=O)C1(c2ncnc3ccc(C)cc23)CCN(C(=O)OC(C)(C)C)CC1. The van der Waals surface area contributed by atoms with E-state index in [-0.39, 0.29) is 12.1 Å². The van der Waals surface area contributed by atoms with E-state index in [4.69, 9.17) is 9.47 Å². The van der Waals surface area contributed by atoms with Crippen LogP contribution in [0, 0.1) is 6.92 Å². The number of likely N-dealkylation sites (tertiary alicyclic amines) is 1. The van der Waals surface area contributed by atoms with E-state index in [1.807, 2.05) is 45.9 Å². The summed E-state index contributed by atoms with van der Waals surface area (Å²) in [5.41, 5.74) is 1.04. The number of hydrogen-bond acceptors (Lipinski definition) is 6. The Morgan fingerprint density at radius 2 is 1.82 bits per heavy atom. The Bertz CT molecular complexity index is 896. The fourth-order valence-corrected chi connectivity index (χ4v) is 3.68. The third kappa shape index (κ3) is 3.79. The molecule has 28 heavy (non-hydrogen) atoms. The van der Waals surface area contributed by atoms with Crippen molar-refractivity contribution in [2.75, 3.05) is 20.2 Å². The lowest BCUT2D eigenvalue weighted by molar-refractivity contribution is -0.149. The zero-order valence-electron chi connectivity index (χ0n) is 17.1. The summed E-state index contributed by atoms with van der Waals surface area (Å²) < 4.78 is 10.6. The van der Waals surface area contributed by atoms with Crippen molar-refractivity contribution >= 4 is 23.0 Å². The van der Waals surface area contributed by atoms with E-state index >= 15 is 0 Å². The third-order valence-corrected chi connectivity index (χ3v) is 5.09. The van der Waals surface area contributed by atoms with Crippen LogP contribution in [-0.2, 0) is 19.7 Å². The molecule has 2 aromatic rings. The minimum absolute atomic E-state index is 0.335. The van der Waals surface area contributed by atoms with Crippen LogP contribution in [-0.4, -0.2) is 52.7 Å². The van der Waals surface area contributed by atoms with Crippen LogP contribution in [0.25, 0.3) is 10.9 Å². The Hall–Kier alpha value is -2.70. The highest BCUT2D eigenvalue weighted by Crippen LogP contribution is 2.39. The zero-order chi connectivity index (χ0) is 20.5. The van der Waals surface area contributed by atoms with Crippen LogP contribution < -0.4 is 0 Å². The second-order valence-corrected chi connectivity index (χ2v) is 8.28. The number of hydrogen-bond donors (Lipinski definition) is 0. The van der Waals surface area contributed by atoms with Gasteiger partial charge in [0.05, 0.1) is 18.3 Å². The number of rotatable bonds is 2. The number of esters is 1. The molecule has 1 fully saturated rings. The number of aryl methyl sites for hydroxylation is 1. The molecule has 7 heteroatoms. The Balaban J connectivity index is 1.96. The summed E-state index contributed by atoms with van der Waals surface area (Å²) in [6, 6.07) is 5.90. The summed E-state index contributed by atoms with van der Waals surface area (Å²) >= 11 is 0. The molecule has 1 aliphatic rings. The van der Waals surface area contributed by atoms with Gasteiger partial charge in [0.2, 0.25) is 0 Å². The first-order valence-electron chi connectivity index (χ1n) is 9.44. The van der Waals surface area contributed by atoms with Crippen molar-refractivity contribution in [3.63, 3.8) is 0 Å². The van der Waals surface area contributed by atoms with E-state index in [1.165, 1.54) is 13.4 Å². The normalized spacial score (nSPS) is 16.7. The standard InChI is InChI=1S/C21H27N3O4/c1-14-6-7-16-15(12-14)17(23-13-22-16)21(18(25)27-5)8-10-24(11-9-21)19(26)28-20(2,3)4/h6-7,12-13H,8-11H2,1-5H3. The maximum atomic E-state index is 12.9. The van der Waals surface area contributed by atoms with Gasteiger partial charge in [-0.2, -0.15) is 0 Å². The first-order valence-corrected chi connectivity index (χ1v) is 9.44. The van der Waals surface area contributed by atoms with Gasteiger partial charge < -0.3 is 14.4 Å². The van der Waals surface area contributed by atoms with Crippen LogP contribution in [0.2, 0.25) is 0 Å². The smallest absolute Gasteiger partial charge is 0.410 e. The molecule has 1 saturated heterocycles. The predicted molar refractivity (Wildman–Crippen MR) is 105 cm³/mol. The van der Waals surface area contributed by atoms with Gasteiger partial charge >= 0.3 is 12.1 Å². The molecule has 1 amide bonds. The number of aromatic nitrogens is 2. The summed E-state index contributed by atoms with van der Waals surface area (Å²) in [5.74, 6) is -0.335. The van der Waals surface area contributed by atoms with Gasteiger partial charge in [0, 0.05) is 18.5 Å². The van der Waals surface area contributed by atoms with E-state index in [9.17, 15) is 9.59 Å². The van der Waals surface area contributed by atoms with Crippen LogP contribution in [0.4, 0.5) is 4.79 Å². The van der Waals surface area contributed by atoms with Crippen LogP contribution in [0.15, 0.2) is 24.5 Å². The van der Waals surface area contributed by atoms with E-state index in [0.29, 0.717) is 31.6 Å².